The number of aromatic nitrogens is 2. The highest BCUT2D eigenvalue weighted by atomic mass is 16.6. The smallest absolute Gasteiger partial charge is 0.320 e. The highest BCUT2D eigenvalue weighted by Gasteiger charge is 2.32. The van der Waals surface area contributed by atoms with Crippen molar-refractivity contribution in [2.45, 2.75) is 19.4 Å². The van der Waals surface area contributed by atoms with Gasteiger partial charge >= 0.3 is 5.97 Å². The van der Waals surface area contributed by atoms with Crippen molar-refractivity contribution < 1.29 is 14.3 Å². The topological polar surface area (TPSA) is 64.5 Å². The number of nitrogens with zero attached hydrogens (tertiary/aromatic N) is 3. The summed E-state index contributed by atoms with van der Waals surface area (Å²) in [4.78, 5) is 21.8. The molecule has 1 aliphatic rings. The van der Waals surface area contributed by atoms with Gasteiger partial charge < -0.3 is 9.47 Å². The van der Waals surface area contributed by atoms with E-state index >= 15 is 0 Å². The second-order valence-electron chi connectivity index (χ2n) is 6.04. The lowest BCUT2D eigenvalue weighted by atomic mass is 10.1. The van der Waals surface area contributed by atoms with Gasteiger partial charge in [-0.3, -0.25) is 9.69 Å². The first-order valence-electron chi connectivity index (χ1n) is 7.29. The van der Waals surface area contributed by atoms with Gasteiger partial charge in [0.1, 0.15) is 24.3 Å². The maximum Gasteiger partial charge on any atom is 0.320 e. The van der Waals surface area contributed by atoms with Crippen LogP contribution in [0.2, 0.25) is 0 Å². The van der Waals surface area contributed by atoms with Crippen LogP contribution in [0.15, 0.2) is 30.7 Å². The molecule has 2 aromatic rings. The Hall–Kier alpha value is -2.21. The number of carbonyl (C=O) groups is 1. The van der Waals surface area contributed by atoms with E-state index in [1.165, 1.54) is 6.33 Å². The van der Waals surface area contributed by atoms with Crippen LogP contribution >= 0.6 is 0 Å². The predicted octanol–water partition coefficient (Wildman–Crippen LogP) is 1.65. The van der Waals surface area contributed by atoms with Crippen LogP contribution in [0.1, 0.15) is 13.8 Å². The highest BCUT2D eigenvalue weighted by Crippen LogP contribution is 2.19. The van der Waals surface area contributed by atoms with Crippen LogP contribution < -0.4 is 4.74 Å². The quantitative estimate of drug-likeness (QED) is 0.800. The van der Waals surface area contributed by atoms with E-state index in [-0.39, 0.29) is 5.97 Å². The Morgan fingerprint density at radius 2 is 2.27 bits per heavy atom. The molecule has 1 aliphatic heterocycles. The Morgan fingerprint density at radius 3 is 3.09 bits per heavy atom. The molecular formula is C16H19N3O3. The number of rotatable bonds is 4. The van der Waals surface area contributed by atoms with Crippen molar-refractivity contribution in [3.8, 4) is 5.75 Å². The van der Waals surface area contributed by atoms with Crippen molar-refractivity contribution in [2.75, 3.05) is 26.2 Å². The normalized spacial score (nSPS) is 18.2. The number of cyclic esters (lactones) is 1. The van der Waals surface area contributed by atoms with Crippen molar-refractivity contribution in [2.24, 2.45) is 0 Å². The highest BCUT2D eigenvalue weighted by molar-refractivity contribution is 5.78. The largest absolute Gasteiger partial charge is 0.492 e. The Balaban J connectivity index is 1.56. The average molecular weight is 301 g/mol. The van der Waals surface area contributed by atoms with E-state index in [0.717, 1.165) is 16.7 Å². The Kier molecular flexibility index (Phi) is 3.94. The molecule has 0 amide bonds. The van der Waals surface area contributed by atoms with Gasteiger partial charge in [-0.1, -0.05) is 0 Å². The van der Waals surface area contributed by atoms with Gasteiger partial charge in [-0.25, -0.2) is 9.97 Å². The van der Waals surface area contributed by atoms with Crippen LogP contribution in [0.4, 0.5) is 0 Å². The van der Waals surface area contributed by atoms with Crippen molar-refractivity contribution >= 4 is 16.9 Å². The van der Waals surface area contributed by atoms with Gasteiger partial charge in [-0.2, -0.15) is 0 Å². The number of hydrogen-bond acceptors (Lipinski definition) is 6. The summed E-state index contributed by atoms with van der Waals surface area (Å²) in [5, 5.41) is 0.982. The molecule has 2 heterocycles. The average Bonchev–Trinajstić information content (AvgIpc) is 2.45. The lowest BCUT2D eigenvalue weighted by Gasteiger charge is -2.37. The minimum atomic E-state index is -0.435. The van der Waals surface area contributed by atoms with E-state index in [9.17, 15) is 4.79 Å². The van der Waals surface area contributed by atoms with Crippen LogP contribution in [-0.2, 0) is 9.53 Å². The Labute approximate surface area is 129 Å². The van der Waals surface area contributed by atoms with E-state index in [2.05, 4.69) is 14.9 Å². The minimum absolute atomic E-state index is 0.182. The van der Waals surface area contributed by atoms with Gasteiger partial charge in [0.2, 0.25) is 0 Å². The van der Waals surface area contributed by atoms with E-state index in [4.69, 9.17) is 9.47 Å². The molecule has 22 heavy (non-hydrogen) atoms. The monoisotopic (exact) mass is 301 g/mol. The van der Waals surface area contributed by atoms with E-state index in [1.807, 2.05) is 32.0 Å². The molecule has 0 bridgehead atoms. The molecule has 0 N–H and O–H groups in total. The second-order valence-corrected chi connectivity index (χ2v) is 6.04. The zero-order valence-corrected chi connectivity index (χ0v) is 12.8. The summed E-state index contributed by atoms with van der Waals surface area (Å²) in [5.41, 5.74) is 0.421. The lowest BCUT2D eigenvalue weighted by Crippen LogP contribution is -2.51. The van der Waals surface area contributed by atoms with Crippen LogP contribution in [0.5, 0.6) is 5.75 Å². The van der Waals surface area contributed by atoms with Crippen molar-refractivity contribution in [3.05, 3.63) is 30.7 Å². The first-order valence-corrected chi connectivity index (χ1v) is 7.29. The van der Waals surface area contributed by atoms with Crippen LogP contribution in [0.25, 0.3) is 10.9 Å². The summed E-state index contributed by atoms with van der Waals surface area (Å²) >= 11 is 0. The zero-order chi connectivity index (χ0) is 15.6. The molecule has 1 fully saturated rings. The number of esters is 1. The molecule has 0 unspecified atom stereocenters. The number of hydrogen-bond donors (Lipinski definition) is 0. The summed E-state index contributed by atoms with van der Waals surface area (Å²) in [6.07, 6.45) is 3.29. The molecule has 6 heteroatoms. The number of carbonyl (C=O) groups excluding carboxylic acids is 1. The Bertz CT molecular complexity index is 687. The summed E-state index contributed by atoms with van der Waals surface area (Å²) in [6.45, 7) is 6.06. The molecule has 3 rings (SSSR count). The molecule has 116 valence electrons. The van der Waals surface area contributed by atoms with Gasteiger partial charge in [-0.05, 0) is 26.0 Å². The van der Waals surface area contributed by atoms with Gasteiger partial charge in [0.05, 0.1) is 12.1 Å². The van der Waals surface area contributed by atoms with E-state index in [1.54, 1.807) is 6.20 Å². The zero-order valence-electron chi connectivity index (χ0n) is 12.8. The Morgan fingerprint density at radius 1 is 1.41 bits per heavy atom. The third-order valence-electron chi connectivity index (χ3n) is 3.50. The maximum absolute atomic E-state index is 11.5. The van der Waals surface area contributed by atoms with Crippen LogP contribution in [0.3, 0.4) is 0 Å². The van der Waals surface area contributed by atoms with Gasteiger partial charge in [0, 0.05) is 30.7 Å². The van der Waals surface area contributed by atoms with Crippen molar-refractivity contribution in [1.29, 1.82) is 0 Å². The summed E-state index contributed by atoms with van der Waals surface area (Å²) in [5.74, 6) is 0.587. The number of ether oxygens (including phenoxy) is 2. The number of fused-ring (bicyclic) bond motifs is 1. The molecule has 0 radical (unpaired) electrons. The molecule has 0 aliphatic carbocycles. The SMILES string of the molecule is CC1(C)CN(CCOc2ccc3cncnc3c2)CC(=O)O1. The summed E-state index contributed by atoms with van der Waals surface area (Å²) in [6, 6.07) is 5.73. The van der Waals surface area contributed by atoms with Crippen molar-refractivity contribution in [1.82, 2.24) is 14.9 Å². The van der Waals surface area contributed by atoms with Gasteiger partial charge in [-0.15, -0.1) is 0 Å². The molecule has 1 saturated heterocycles. The molecule has 0 saturated carbocycles. The maximum atomic E-state index is 11.5. The van der Waals surface area contributed by atoms with Crippen LogP contribution in [0, 0.1) is 0 Å². The fourth-order valence-electron chi connectivity index (χ4n) is 2.64. The molecule has 0 atom stereocenters. The van der Waals surface area contributed by atoms with Crippen LogP contribution in [-0.4, -0.2) is 52.7 Å². The molecule has 1 aromatic carbocycles. The van der Waals surface area contributed by atoms with Gasteiger partial charge in [0.15, 0.2) is 0 Å². The summed E-state index contributed by atoms with van der Waals surface area (Å²) in [7, 11) is 0. The number of morpholine rings is 1. The molecule has 0 spiro atoms. The molecule has 1 aromatic heterocycles. The molecule has 6 nitrogen and oxygen atoms in total. The lowest BCUT2D eigenvalue weighted by molar-refractivity contribution is -0.169. The fraction of sp³-hybridized carbons (Fsp3) is 0.438. The predicted molar refractivity (Wildman–Crippen MR) is 81.6 cm³/mol. The third kappa shape index (κ3) is 3.51. The summed E-state index contributed by atoms with van der Waals surface area (Å²) < 4.78 is 11.0. The number of benzene rings is 1. The van der Waals surface area contributed by atoms with Gasteiger partial charge in [0.25, 0.3) is 0 Å². The molecular weight excluding hydrogens is 282 g/mol. The fourth-order valence-corrected chi connectivity index (χ4v) is 2.64. The van der Waals surface area contributed by atoms with Crippen molar-refractivity contribution in [3.63, 3.8) is 0 Å². The van der Waals surface area contributed by atoms with E-state index in [0.29, 0.717) is 26.2 Å². The van der Waals surface area contributed by atoms with E-state index < -0.39 is 5.60 Å². The first kappa shape index (κ1) is 14.7. The second kappa shape index (κ2) is 5.88. The standard InChI is InChI=1S/C16H19N3O3/c1-16(2)10-19(9-15(20)22-16)5-6-21-13-4-3-12-8-17-11-18-14(12)7-13/h3-4,7-8,11H,5-6,9-10H2,1-2H3. The third-order valence-corrected chi connectivity index (χ3v) is 3.50. The first-order chi connectivity index (χ1) is 10.5. The minimum Gasteiger partial charge on any atom is -0.492 e.